The maximum Gasteiger partial charge on any atom is 0.0605 e. The summed E-state index contributed by atoms with van der Waals surface area (Å²) in [5.41, 5.74) is 1.37. The zero-order chi connectivity index (χ0) is 13.7. The van der Waals surface area contributed by atoms with Gasteiger partial charge in [-0.1, -0.05) is 50.1 Å². The van der Waals surface area contributed by atoms with Crippen LogP contribution in [0.1, 0.15) is 32.4 Å². The summed E-state index contributed by atoms with van der Waals surface area (Å²) in [6.45, 7) is 9.47. The molecule has 1 fully saturated rings. The largest absolute Gasteiger partial charge is 0.307 e. The number of piperazine rings is 1. The van der Waals surface area contributed by atoms with Gasteiger partial charge in [-0.25, -0.2) is 0 Å². The van der Waals surface area contributed by atoms with Crippen LogP contribution in [0.3, 0.4) is 0 Å². The fourth-order valence-electron chi connectivity index (χ4n) is 2.75. The van der Waals surface area contributed by atoms with Gasteiger partial charge in [0.15, 0.2) is 0 Å². The Balaban J connectivity index is 2.09. The van der Waals surface area contributed by atoms with Crippen LogP contribution in [0.2, 0.25) is 0 Å². The van der Waals surface area contributed by atoms with Crippen LogP contribution in [-0.2, 0) is 0 Å². The molecule has 0 aromatic heterocycles. The van der Waals surface area contributed by atoms with Gasteiger partial charge in [-0.2, -0.15) is 0 Å². The van der Waals surface area contributed by atoms with E-state index < -0.39 is 0 Å². The van der Waals surface area contributed by atoms with Crippen LogP contribution in [0.4, 0.5) is 0 Å². The molecule has 2 nitrogen and oxygen atoms in total. The van der Waals surface area contributed by atoms with Crippen molar-refractivity contribution in [2.75, 3.05) is 19.6 Å². The summed E-state index contributed by atoms with van der Waals surface area (Å²) in [7, 11) is 0. The highest BCUT2D eigenvalue weighted by atomic mass is 15.2. The van der Waals surface area contributed by atoms with E-state index in [9.17, 15) is 0 Å². The quantitative estimate of drug-likeness (QED) is 0.837. The first-order chi connectivity index (χ1) is 9.22. The molecule has 2 heteroatoms. The monoisotopic (exact) mass is 256 g/mol. The normalized spacial score (nSPS) is 24.0. The molecule has 102 valence electrons. The van der Waals surface area contributed by atoms with Crippen molar-refractivity contribution in [3.8, 4) is 11.8 Å². The van der Waals surface area contributed by atoms with Crippen LogP contribution in [0.5, 0.6) is 0 Å². The lowest BCUT2D eigenvalue weighted by Crippen LogP contribution is -2.54. The highest BCUT2D eigenvalue weighted by molar-refractivity contribution is 5.20. The third-order valence-corrected chi connectivity index (χ3v) is 3.89. The second-order valence-electron chi connectivity index (χ2n) is 5.54. The molecule has 1 aliphatic rings. The molecule has 1 aliphatic heterocycles. The minimum Gasteiger partial charge on any atom is -0.307 e. The summed E-state index contributed by atoms with van der Waals surface area (Å²) in [5.74, 6) is 6.90. The van der Waals surface area contributed by atoms with Crippen LogP contribution in [0.25, 0.3) is 0 Å². The SMILES string of the molecule is CC#CCN1CC(c2ccccc2)NCC1C(C)C. The smallest absolute Gasteiger partial charge is 0.0605 e. The molecule has 1 heterocycles. The molecule has 1 aromatic carbocycles. The minimum atomic E-state index is 0.426. The van der Waals surface area contributed by atoms with Gasteiger partial charge in [-0.05, 0) is 18.4 Å². The fraction of sp³-hybridized carbons (Fsp3) is 0.529. The summed E-state index contributed by atoms with van der Waals surface area (Å²) in [5, 5.41) is 3.68. The van der Waals surface area contributed by atoms with Gasteiger partial charge < -0.3 is 5.32 Å². The first-order valence-corrected chi connectivity index (χ1v) is 7.14. The fourth-order valence-corrected chi connectivity index (χ4v) is 2.75. The standard InChI is InChI=1S/C17H24N2/c1-4-5-11-19-13-16(15-9-7-6-8-10-15)18-12-17(19)14(2)3/h6-10,14,16-18H,11-13H2,1-3H3. The van der Waals surface area contributed by atoms with E-state index in [2.05, 4.69) is 66.2 Å². The second kappa shape index (κ2) is 6.75. The maximum absolute atomic E-state index is 3.68. The Kier molecular flexibility index (Phi) is 5.01. The number of nitrogens with zero attached hydrogens (tertiary/aromatic N) is 1. The molecule has 1 N–H and O–H groups in total. The van der Waals surface area contributed by atoms with E-state index in [1.54, 1.807) is 0 Å². The molecular weight excluding hydrogens is 232 g/mol. The molecule has 0 spiro atoms. The van der Waals surface area contributed by atoms with E-state index in [1.165, 1.54) is 5.56 Å². The lowest BCUT2D eigenvalue weighted by atomic mass is 9.96. The van der Waals surface area contributed by atoms with Gasteiger partial charge in [0.05, 0.1) is 6.54 Å². The Labute approximate surface area is 117 Å². The molecule has 0 bridgehead atoms. The van der Waals surface area contributed by atoms with Crippen molar-refractivity contribution in [2.45, 2.75) is 32.9 Å². The summed E-state index contributed by atoms with van der Waals surface area (Å²) in [6.07, 6.45) is 0. The molecule has 0 saturated carbocycles. The summed E-state index contributed by atoms with van der Waals surface area (Å²) < 4.78 is 0. The average molecular weight is 256 g/mol. The summed E-state index contributed by atoms with van der Waals surface area (Å²) in [4.78, 5) is 2.52. The summed E-state index contributed by atoms with van der Waals surface area (Å²) in [6, 6.07) is 11.7. The number of hydrogen-bond donors (Lipinski definition) is 1. The van der Waals surface area contributed by atoms with E-state index in [-0.39, 0.29) is 0 Å². The third-order valence-electron chi connectivity index (χ3n) is 3.89. The highest BCUT2D eigenvalue weighted by Gasteiger charge is 2.29. The summed E-state index contributed by atoms with van der Waals surface area (Å²) >= 11 is 0. The minimum absolute atomic E-state index is 0.426. The maximum atomic E-state index is 3.68. The number of hydrogen-bond acceptors (Lipinski definition) is 2. The zero-order valence-electron chi connectivity index (χ0n) is 12.2. The molecule has 19 heavy (non-hydrogen) atoms. The molecule has 2 rings (SSSR count). The molecule has 1 aromatic rings. The number of nitrogens with one attached hydrogen (secondary N) is 1. The molecule has 0 radical (unpaired) electrons. The van der Waals surface area contributed by atoms with Gasteiger partial charge >= 0.3 is 0 Å². The van der Waals surface area contributed by atoms with Crippen molar-refractivity contribution >= 4 is 0 Å². The first-order valence-electron chi connectivity index (χ1n) is 7.14. The molecule has 1 saturated heterocycles. The molecule has 0 amide bonds. The van der Waals surface area contributed by atoms with Gasteiger partial charge in [-0.3, -0.25) is 4.90 Å². The molecule has 2 unspecified atom stereocenters. The topological polar surface area (TPSA) is 15.3 Å². The Morgan fingerprint density at radius 1 is 1.32 bits per heavy atom. The van der Waals surface area contributed by atoms with Crippen molar-refractivity contribution in [2.24, 2.45) is 5.92 Å². The van der Waals surface area contributed by atoms with E-state index in [0.717, 1.165) is 19.6 Å². The zero-order valence-corrected chi connectivity index (χ0v) is 12.2. The number of benzene rings is 1. The van der Waals surface area contributed by atoms with Crippen LogP contribution in [0, 0.1) is 17.8 Å². The van der Waals surface area contributed by atoms with Gasteiger partial charge in [0.1, 0.15) is 0 Å². The number of rotatable bonds is 3. The highest BCUT2D eigenvalue weighted by Crippen LogP contribution is 2.22. The molecular formula is C17H24N2. The van der Waals surface area contributed by atoms with E-state index in [0.29, 0.717) is 18.0 Å². The third kappa shape index (κ3) is 3.59. The molecule has 0 aliphatic carbocycles. The van der Waals surface area contributed by atoms with E-state index in [4.69, 9.17) is 0 Å². The van der Waals surface area contributed by atoms with E-state index >= 15 is 0 Å². The van der Waals surface area contributed by atoms with E-state index in [1.807, 2.05) is 6.92 Å². The average Bonchev–Trinajstić information content (AvgIpc) is 2.45. The Hall–Kier alpha value is -1.30. The van der Waals surface area contributed by atoms with Gasteiger partial charge in [-0.15, -0.1) is 5.92 Å². The van der Waals surface area contributed by atoms with Crippen LogP contribution in [0.15, 0.2) is 30.3 Å². The van der Waals surface area contributed by atoms with Crippen molar-refractivity contribution in [3.05, 3.63) is 35.9 Å². The second-order valence-corrected chi connectivity index (χ2v) is 5.54. The Bertz CT molecular complexity index is 441. The predicted octanol–water partition coefficient (Wildman–Crippen LogP) is 2.68. The van der Waals surface area contributed by atoms with Gasteiger partial charge in [0.2, 0.25) is 0 Å². The van der Waals surface area contributed by atoms with Crippen molar-refractivity contribution in [1.29, 1.82) is 0 Å². The van der Waals surface area contributed by atoms with Crippen molar-refractivity contribution in [1.82, 2.24) is 10.2 Å². The Morgan fingerprint density at radius 2 is 2.05 bits per heavy atom. The first kappa shape index (κ1) is 14.1. The lowest BCUT2D eigenvalue weighted by molar-refractivity contribution is 0.114. The van der Waals surface area contributed by atoms with Gasteiger partial charge in [0, 0.05) is 25.2 Å². The van der Waals surface area contributed by atoms with Crippen LogP contribution in [-0.4, -0.2) is 30.6 Å². The predicted molar refractivity (Wildman–Crippen MR) is 80.8 cm³/mol. The van der Waals surface area contributed by atoms with Gasteiger partial charge in [0.25, 0.3) is 0 Å². The lowest BCUT2D eigenvalue weighted by Gasteiger charge is -2.41. The Morgan fingerprint density at radius 3 is 2.68 bits per heavy atom. The van der Waals surface area contributed by atoms with Crippen LogP contribution >= 0.6 is 0 Å². The van der Waals surface area contributed by atoms with Crippen molar-refractivity contribution < 1.29 is 0 Å². The van der Waals surface area contributed by atoms with Crippen LogP contribution < -0.4 is 5.32 Å². The molecule has 2 atom stereocenters. The van der Waals surface area contributed by atoms with Crippen molar-refractivity contribution in [3.63, 3.8) is 0 Å².